The summed E-state index contributed by atoms with van der Waals surface area (Å²) < 4.78 is 4.66. The number of allylic oxidation sites excluding steroid dienone is 2. The van der Waals surface area contributed by atoms with Crippen molar-refractivity contribution in [3.63, 3.8) is 0 Å². The van der Waals surface area contributed by atoms with Crippen molar-refractivity contribution in [3.05, 3.63) is 59.7 Å². The van der Waals surface area contributed by atoms with Crippen LogP contribution in [0.2, 0.25) is 0 Å². The molecule has 2 atom stereocenters. The molecular weight excluding hydrogens is 472 g/mol. The second kappa shape index (κ2) is 10.6. The summed E-state index contributed by atoms with van der Waals surface area (Å²) in [5.74, 6) is -6.56. The number of carbonyl (C=O) groups excluding carboxylic acids is 3. The van der Waals surface area contributed by atoms with Gasteiger partial charge in [-0.15, -0.1) is 0 Å². The van der Waals surface area contributed by atoms with Crippen LogP contribution in [0.4, 0.5) is 0 Å². The van der Waals surface area contributed by atoms with Crippen LogP contribution in [0.1, 0.15) is 24.0 Å². The molecule has 2 aromatic rings. The molecule has 190 valence electrons. The van der Waals surface area contributed by atoms with Crippen molar-refractivity contribution in [2.24, 2.45) is 11.8 Å². The summed E-state index contributed by atoms with van der Waals surface area (Å²) in [4.78, 5) is 38.2. The van der Waals surface area contributed by atoms with Gasteiger partial charge in [0.2, 0.25) is 0 Å². The van der Waals surface area contributed by atoms with Crippen molar-refractivity contribution in [1.29, 1.82) is 0 Å². The van der Waals surface area contributed by atoms with Crippen LogP contribution in [0, 0.1) is 11.8 Å². The number of carbonyl (C=O) groups is 3. The molecule has 3 rings (SSSR count). The standard InChI is InChI=1S/C26H26O10/c1-36-25(34)26(35)12-16(18(27)6-2-14-4-8-20(29)22(31)10-14)24(33)17(13-26)19(28)7-3-15-5-9-21(30)23(32)11-15/h2-11,16-17,24,29-33,35H,12-13H2,1H3/b6-2+,7-3+/t16-,17-,24?,26?/m1/s1. The van der Waals surface area contributed by atoms with E-state index in [1.807, 2.05) is 0 Å². The summed E-state index contributed by atoms with van der Waals surface area (Å²) in [5.41, 5.74) is -1.48. The lowest BCUT2D eigenvalue weighted by molar-refractivity contribution is -0.177. The molecule has 0 unspecified atom stereocenters. The maximum Gasteiger partial charge on any atom is 0.337 e. The van der Waals surface area contributed by atoms with E-state index >= 15 is 0 Å². The first-order valence-electron chi connectivity index (χ1n) is 10.9. The van der Waals surface area contributed by atoms with Crippen molar-refractivity contribution in [2.75, 3.05) is 7.11 Å². The third kappa shape index (κ3) is 5.73. The number of hydrogen-bond acceptors (Lipinski definition) is 10. The summed E-state index contributed by atoms with van der Waals surface area (Å²) in [6, 6.07) is 7.72. The molecule has 0 aliphatic heterocycles. The molecule has 0 aromatic heterocycles. The van der Waals surface area contributed by atoms with Gasteiger partial charge in [0, 0.05) is 0 Å². The number of ketones is 2. The van der Waals surface area contributed by atoms with Crippen molar-refractivity contribution in [3.8, 4) is 23.0 Å². The van der Waals surface area contributed by atoms with Crippen LogP contribution in [-0.2, 0) is 19.1 Å². The molecule has 6 N–H and O–H groups in total. The lowest BCUT2D eigenvalue weighted by Crippen LogP contribution is -2.55. The Kier molecular flexibility index (Phi) is 7.81. The highest BCUT2D eigenvalue weighted by atomic mass is 16.5. The molecule has 1 aliphatic rings. The van der Waals surface area contributed by atoms with E-state index in [1.54, 1.807) is 0 Å². The first-order valence-corrected chi connectivity index (χ1v) is 10.9. The van der Waals surface area contributed by atoms with Gasteiger partial charge in [-0.25, -0.2) is 4.79 Å². The average Bonchev–Trinajstić information content (AvgIpc) is 2.85. The van der Waals surface area contributed by atoms with Crippen molar-refractivity contribution >= 4 is 29.7 Å². The second-order valence-electron chi connectivity index (χ2n) is 8.60. The number of rotatable bonds is 7. The highest BCUT2D eigenvalue weighted by molar-refractivity contribution is 6.00. The zero-order valence-corrected chi connectivity index (χ0v) is 19.2. The Morgan fingerprint density at radius 1 is 0.806 bits per heavy atom. The van der Waals surface area contributed by atoms with Crippen LogP contribution in [0.15, 0.2) is 48.6 Å². The van der Waals surface area contributed by atoms with Gasteiger partial charge in [-0.2, -0.15) is 0 Å². The number of aliphatic hydroxyl groups is 2. The molecule has 0 amide bonds. The fourth-order valence-corrected chi connectivity index (χ4v) is 4.12. The van der Waals surface area contributed by atoms with Gasteiger partial charge in [0.1, 0.15) is 0 Å². The molecule has 2 aromatic carbocycles. The number of hydrogen-bond donors (Lipinski definition) is 6. The highest BCUT2D eigenvalue weighted by Crippen LogP contribution is 2.39. The van der Waals surface area contributed by atoms with Gasteiger partial charge in [-0.1, -0.05) is 24.3 Å². The lowest BCUT2D eigenvalue weighted by Gasteiger charge is -2.40. The van der Waals surface area contributed by atoms with Crippen molar-refractivity contribution in [2.45, 2.75) is 24.5 Å². The van der Waals surface area contributed by atoms with Gasteiger partial charge >= 0.3 is 5.97 Å². The quantitative estimate of drug-likeness (QED) is 0.187. The highest BCUT2D eigenvalue weighted by Gasteiger charge is 2.53. The van der Waals surface area contributed by atoms with Crippen LogP contribution in [0.25, 0.3) is 12.2 Å². The SMILES string of the molecule is COC(=O)C1(O)C[C@H](C(=O)/C=C/c2ccc(O)c(O)c2)C(O)[C@@H](C(=O)/C=C/c2ccc(O)c(O)c2)C1. The lowest BCUT2D eigenvalue weighted by atomic mass is 9.67. The minimum atomic E-state index is -2.20. The van der Waals surface area contributed by atoms with Crippen LogP contribution >= 0.6 is 0 Å². The summed E-state index contributed by atoms with van der Waals surface area (Å²) in [6.07, 6.45) is 2.29. The third-order valence-corrected chi connectivity index (χ3v) is 6.12. The van der Waals surface area contributed by atoms with Crippen LogP contribution in [0.3, 0.4) is 0 Å². The number of ether oxygens (including phenoxy) is 1. The van der Waals surface area contributed by atoms with E-state index in [1.165, 1.54) is 48.6 Å². The Balaban J connectivity index is 1.87. The van der Waals surface area contributed by atoms with Crippen LogP contribution in [0.5, 0.6) is 23.0 Å². The Morgan fingerprint density at radius 2 is 1.22 bits per heavy atom. The maximum absolute atomic E-state index is 12.9. The van der Waals surface area contributed by atoms with Crippen molar-refractivity contribution in [1.82, 2.24) is 0 Å². The van der Waals surface area contributed by atoms with Gasteiger partial charge in [0.25, 0.3) is 0 Å². The van der Waals surface area contributed by atoms with Gasteiger partial charge in [0.15, 0.2) is 40.2 Å². The molecule has 0 saturated heterocycles. The predicted octanol–water partition coefficient (Wildman–Crippen LogP) is 1.66. The molecule has 10 nitrogen and oxygen atoms in total. The third-order valence-electron chi connectivity index (χ3n) is 6.12. The van der Waals surface area contributed by atoms with Crippen molar-refractivity contribution < 1.29 is 49.8 Å². The molecule has 1 fully saturated rings. The van der Waals surface area contributed by atoms with E-state index < -0.39 is 65.4 Å². The van der Waals surface area contributed by atoms with E-state index in [2.05, 4.69) is 4.74 Å². The van der Waals surface area contributed by atoms with Gasteiger partial charge in [-0.3, -0.25) is 9.59 Å². The molecule has 0 spiro atoms. The van der Waals surface area contributed by atoms with Gasteiger partial charge < -0.3 is 35.4 Å². The zero-order valence-electron chi connectivity index (χ0n) is 19.2. The fourth-order valence-electron chi connectivity index (χ4n) is 4.12. The Morgan fingerprint density at radius 3 is 1.58 bits per heavy atom. The predicted molar refractivity (Wildman–Crippen MR) is 127 cm³/mol. The number of aliphatic hydroxyl groups excluding tert-OH is 1. The molecule has 0 radical (unpaired) electrons. The zero-order chi connectivity index (χ0) is 26.6. The summed E-state index contributed by atoms with van der Waals surface area (Å²) in [7, 11) is 1.05. The number of benzene rings is 2. The number of phenolic OH excluding ortho intramolecular Hbond substituents is 4. The first kappa shape index (κ1) is 26.5. The number of methoxy groups -OCH3 is 1. The van der Waals surface area contributed by atoms with E-state index in [0.717, 1.165) is 19.3 Å². The summed E-state index contributed by atoms with van der Waals surface area (Å²) >= 11 is 0. The smallest absolute Gasteiger partial charge is 0.337 e. The van der Waals surface area contributed by atoms with E-state index in [9.17, 15) is 45.0 Å². The van der Waals surface area contributed by atoms with E-state index in [0.29, 0.717) is 11.1 Å². The molecule has 1 aliphatic carbocycles. The molecule has 36 heavy (non-hydrogen) atoms. The molecule has 0 heterocycles. The number of aromatic hydroxyl groups is 4. The van der Waals surface area contributed by atoms with Crippen LogP contribution < -0.4 is 0 Å². The Labute approximate surface area is 206 Å². The second-order valence-corrected chi connectivity index (χ2v) is 8.60. The molecule has 10 heteroatoms. The fraction of sp³-hybridized carbons (Fsp3) is 0.269. The number of phenols is 4. The normalized spacial score (nSPS) is 24.1. The molecule has 0 bridgehead atoms. The molecule has 1 saturated carbocycles. The van der Waals surface area contributed by atoms with Gasteiger partial charge in [0.05, 0.1) is 25.0 Å². The largest absolute Gasteiger partial charge is 0.504 e. The Bertz CT molecular complexity index is 1150. The minimum Gasteiger partial charge on any atom is -0.504 e. The molecular formula is C26H26O10. The maximum atomic E-state index is 12.9. The van der Waals surface area contributed by atoms with E-state index in [4.69, 9.17) is 0 Å². The van der Waals surface area contributed by atoms with Crippen LogP contribution in [-0.4, -0.2) is 67.0 Å². The number of esters is 1. The first-order chi connectivity index (χ1) is 16.9. The van der Waals surface area contributed by atoms with Gasteiger partial charge in [-0.05, 0) is 60.4 Å². The Hall–Kier alpha value is -4.15. The monoisotopic (exact) mass is 498 g/mol. The average molecular weight is 498 g/mol. The summed E-state index contributed by atoms with van der Waals surface area (Å²) in [5, 5.41) is 59.9. The van der Waals surface area contributed by atoms with E-state index in [-0.39, 0.29) is 11.5 Å². The topological polar surface area (TPSA) is 182 Å². The summed E-state index contributed by atoms with van der Waals surface area (Å²) in [6.45, 7) is 0. The minimum absolute atomic E-state index is 0.346.